The van der Waals surface area contributed by atoms with Crippen LogP contribution in [-0.2, 0) is 11.2 Å². The van der Waals surface area contributed by atoms with Gasteiger partial charge >= 0.3 is 0 Å². The molecule has 0 saturated carbocycles. The Morgan fingerprint density at radius 3 is 2.63 bits per heavy atom. The number of rotatable bonds is 5. The summed E-state index contributed by atoms with van der Waals surface area (Å²) in [4.78, 5) is 16.8. The van der Waals surface area contributed by atoms with Crippen LogP contribution in [0.5, 0.6) is 0 Å². The number of thiazole rings is 1. The summed E-state index contributed by atoms with van der Waals surface area (Å²) in [7, 11) is 0. The molecule has 3 aromatic carbocycles. The van der Waals surface area contributed by atoms with Gasteiger partial charge in [-0.1, -0.05) is 36.4 Å². The summed E-state index contributed by atoms with van der Waals surface area (Å²) in [6, 6.07) is 19.8. The van der Waals surface area contributed by atoms with Crippen molar-refractivity contribution >= 4 is 44.5 Å². The Kier molecular flexibility index (Phi) is 4.80. The van der Waals surface area contributed by atoms with Gasteiger partial charge in [-0.2, -0.15) is 0 Å². The summed E-state index contributed by atoms with van der Waals surface area (Å²) in [5.41, 5.74) is 2.22. The Hall–Kier alpha value is -3.25. The fraction of sp³-hybridized carbons (Fsp3) is 0.0476. The van der Waals surface area contributed by atoms with E-state index in [-0.39, 0.29) is 18.1 Å². The molecular formula is C21H16FN3OS. The van der Waals surface area contributed by atoms with Gasteiger partial charge in [0, 0.05) is 22.1 Å². The molecule has 4 aromatic rings. The zero-order valence-corrected chi connectivity index (χ0v) is 15.1. The van der Waals surface area contributed by atoms with Crippen molar-refractivity contribution < 1.29 is 9.18 Å². The molecule has 0 unspecified atom stereocenters. The van der Waals surface area contributed by atoms with Crippen LogP contribution in [0.3, 0.4) is 0 Å². The van der Waals surface area contributed by atoms with Gasteiger partial charge in [-0.05, 0) is 35.7 Å². The Bertz CT molecular complexity index is 1090. The minimum absolute atomic E-state index is 0.120. The highest BCUT2D eigenvalue weighted by atomic mass is 32.1. The summed E-state index contributed by atoms with van der Waals surface area (Å²) in [5, 5.41) is 10.7. The summed E-state index contributed by atoms with van der Waals surface area (Å²) in [6.45, 7) is 0. The van der Waals surface area contributed by atoms with E-state index in [0.29, 0.717) is 10.8 Å². The minimum atomic E-state index is -0.287. The van der Waals surface area contributed by atoms with Crippen molar-refractivity contribution in [1.29, 1.82) is 0 Å². The van der Waals surface area contributed by atoms with Gasteiger partial charge in [-0.15, -0.1) is 11.3 Å². The lowest BCUT2D eigenvalue weighted by atomic mass is 10.1. The molecule has 6 heteroatoms. The maximum absolute atomic E-state index is 13.0. The van der Waals surface area contributed by atoms with Gasteiger partial charge < -0.3 is 10.6 Å². The Morgan fingerprint density at radius 2 is 1.78 bits per heavy atom. The lowest BCUT2D eigenvalue weighted by molar-refractivity contribution is -0.115. The predicted octanol–water partition coefficient (Wildman–Crippen LogP) is 5.36. The van der Waals surface area contributed by atoms with Gasteiger partial charge in [0.2, 0.25) is 5.91 Å². The number of nitrogens with one attached hydrogen (secondary N) is 2. The summed E-state index contributed by atoms with van der Waals surface area (Å²) < 4.78 is 13.0. The number of hydrogen-bond acceptors (Lipinski definition) is 4. The van der Waals surface area contributed by atoms with E-state index in [1.807, 2.05) is 47.8 Å². The van der Waals surface area contributed by atoms with E-state index in [2.05, 4.69) is 15.6 Å². The van der Waals surface area contributed by atoms with E-state index in [4.69, 9.17) is 0 Å². The van der Waals surface area contributed by atoms with Gasteiger partial charge in [-0.3, -0.25) is 4.79 Å². The molecule has 134 valence electrons. The molecule has 0 bridgehead atoms. The lowest BCUT2D eigenvalue weighted by Gasteiger charge is -2.08. The normalized spacial score (nSPS) is 10.7. The summed E-state index contributed by atoms with van der Waals surface area (Å²) in [5.74, 6) is -0.407. The second kappa shape index (κ2) is 7.55. The van der Waals surface area contributed by atoms with Crippen molar-refractivity contribution in [3.05, 3.63) is 83.6 Å². The molecule has 27 heavy (non-hydrogen) atoms. The van der Waals surface area contributed by atoms with E-state index in [0.717, 1.165) is 22.1 Å². The number of halogens is 1. The van der Waals surface area contributed by atoms with Gasteiger partial charge in [0.25, 0.3) is 0 Å². The number of hydrogen-bond donors (Lipinski definition) is 2. The highest BCUT2D eigenvalue weighted by molar-refractivity contribution is 7.13. The van der Waals surface area contributed by atoms with Crippen molar-refractivity contribution in [2.45, 2.75) is 6.42 Å². The number of amides is 1. The molecule has 1 heterocycles. The first-order valence-electron chi connectivity index (χ1n) is 8.42. The average Bonchev–Trinajstić information content (AvgIpc) is 3.10. The molecule has 1 amide bonds. The number of carbonyl (C=O) groups is 1. The van der Waals surface area contributed by atoms with Gasteiger partial charge in [0.05, 0.1) is 12.1 Å². The van der Waals surface area contributed by atoms with Gasteiger partial charge in [-0.25, -0.2) is 9.37 Å². The number of aromatic nitrogens is 1. The van der Waals surface area contributed by atoms with E-state index < -0.39 is 0 Å². The smallest absolute Gasteiger partial charge is 0.230 e. The fourth-order valence-electron chi connectivity index (χ4n) is 2.80. The standard InChI is InChI=1S/C21H16FN3OS/c22-15-8-10-16(11-9-15)23-21-24-17(13-27-21)12-20(26)25-19-7-3-5-14-4-1-2-6-18(14)19/h1-11,13H,12H2,(H,23,24)(H,25,26). The van der Waals surface area contributed by atoms with Crippen LogP contribution in [-0.4, -0.2) is 10.9 Å². The highest BCUT2D eigenvalue weighted by Crippen LogP contribution is 2.24. The molecule has 0 aliphatic carbocycles. The van der Waals surface area contributed by atoms with Gasteiger partial charge in [0.1, 0.15) is 5.82 Å². The van der Waals surface area contributed by atoms with Crippen molar-refractivity contribution in [3.63, 3.8) is 0 Å². The second-order valence-electron chi connectivity index (χ2n) is 6.03. The zero-order valence-electron chi connectivity index (χ0n) is 14.3. The molecule has 0 aliphatic rings. The molecule has 0 atom stereocenters. The van der Waals surface area contributed by atoms with Crippen LogP contribution in [0.2, 0.25) is 0 Å². The van der Waals surface area contributed by atoms with Crippen LogP contribution in [0.15, 0.2) is 72.1 Å². The van der Waals surface area contributed by atoms with Crippen LogP contribution in [0, 0.1) is 5.82 Å². The number of benzene rings is 3. The van der Waals surface area contributed by atoms with Crippen molar-refractivity contribution in [2.24, 2.45) is 0 Å². The summed E-state index contributed by atoms with van der Waals surface area (Å²) >= 11 is 1.40. The number of anilines is 3. The van der Waals surface area contributed by atoms with Crippen LogP contribution < -0.4 is 10.6 Å². The maximum atomic E-state index is 13.0. The third kappa shape index (κ3) is 4.12. The average molecular weight is 377 g/mol. The SMILES string of the molecule is O=C(Cc1csc(Nc2ccc(F)cc2)n1)Nc1cccc2ccccc12. The largest absolute Gasteiger partial charge is 0.332 e. The number of nitrogens with zero attached hydrogens (tertiary/aromatic N) is 1. The van der Waals surface area contributed by atoms with Gasteiger partial charge in [0.15, 0.2) is 5.13 Å². The number of carbonyl (C=O) groups excluding carboxylic acids is 1. The van der Waals surface area contributed by atoms with Crippen LogP contribution in [0.1, 0.15) is 5.69 Å². The first-order chi connectivity index (χ1) is 13.2. The first kappa shape index (κ1) is 17.2. The van der Waals surface area contributed by atoms with Crippen molar-refractivity contribution in [3.8, 4) is 0 Å². The van der Waals surface area contributed by atoms with E-state index in [1.54, 1.807) is 12.1 Å². The van der Waals surface area contributed by atoms with Crippen molar-refractivity contribution in [1.82, 2.24) is 4.98 Å². The maximum Gasteiger partial charge on any atom is 0.230 e. The first-order valence-corrected chi connectivity index (χ1v) is 9.30. The predicted molar refractivity (Wildman–Crippen MR) is 108 cm³/mol. The topological polar surface area (TPSA) is 54.0 Å². The molecule has 0 saturated heterocycles. The van der Waals surface area contributed by atoms with Crippen molar-refractivity contribution in [2.75, 3.05) is 10.6 Å². The molecule has 2 N–H and O–H groups in total. The van der Waals surface area contributed by atoms with Crippen LogP contribution in [0.4, 0.5) is 20.9 Å². The minimum Gasteiger partial charge on any atom is -0.332 e. The molecule has 0 spiro atoms. The van der Waals surface area contributed by atoms with Crippen LogP contribution >= 0.6 is 11.3 Å². The summed E-state index contributed by atoms with van der Waals surface area (Å²) in [6.07, 6.45) is 0.185. The van der Waals surface area contributed by atoms with E-state index >= 15 is 0 Å². The third-order valence-electron chi connectivity index (χ3n) is 4.05. The molecule has 1 aromatic heterocycles. The Balaban J connectivity index is 1.42. The van der Waals surface area contributed by atoms with E-state index in [9.17, 15) is 9.18 Å². The third-order valence-corrected chi connectivity index (χ3v) is 4.86. The Labute approximate surface area is 159 Å². The van der Waals surface area contributed by atoms with Crippen LogP contribution in [0.25, 0.3) is 10.8 Å². The van der Waals surface area contributed by atoms with E-state index in [1.165, 1.54) is 23.5 Å². The monoisotopic (exact) mass is 377 g/mol. The molecule has 0 aliphatic heterocycles. The zero-order chi connectivity index (χ0) is 18.6. The molecule has 0 radical (unpaired) electrons. The number of fused-ring (bicyclic) bond motifs is 1. The Morgan fingerprint density at radius 1 is 1.00 bits per heavy atom. The molecule has 4 rings (SSSR count). The highest BCUT2D eigenvalue weighted by Gasteiger charge is 2.10. The fourth-order valence-corrected chi connectivity index (χ4v) is 3.53. The molecular weight excluding hydrogens is 361 g/mol. The molecule has 0 fully saturated rings. The lowest BCUT2D eigenvalue weighted by Crippen LogP contribution is -2.14. The quantitative estimate of drug-likeness (QED) is 0.492. The molecule has 4 nitrogen and oxygen atoms in total. The second-order valence-corrected chi connectivity index (χ2v) is 6.89.